The molecule has 1 aromatic carbocycles. The average molecular weight is 256 g/mol. The van der Waals surface area contributed by atoms with Gasteiger partial charge < -0.3 is 5.32 Å². The van der Waals surface area contributed by atoms with E-state index in [4.69, 9.17) is 11.6 Å². The lowest BCUT2D eigenvalue weighted by Gasteiger charge is -2.08. The lowest BCUT2D eigenvalue weighted by Crippen LogP contribution is -2.25. The highest BCUT2D eigenvalue weighted by Crippen LogP contribution is 2.22. The predicted molar refractivity (Wildman–Crippen MR) is 63.4 cm³/mol. The van der Waals surface area contributed by atoms with Gasteiger partial charge in [0, 0.05) is 11.6 Å². The number of aliphatic imine (C=N–C) groups is 1. The van der Waals surface area contributed by atoms with E-state index in [9.17, 15) is 9.18 Å². The fraction of sp³-hybridized carbons (Fsp3) is 0.273. The Balaban J connectivity index is 2.29. The molecular formula is C11H11ClFN3O. The van der Waals surface area contributed by atoms with Crippen LogP contribution in [0.15, 0.2) is 23.2 Å². The van der Waals surface area contributed by atoms with Gasteiger partial charge in [-0.05, 0) is 30.7 Å². The van der Waals surface area contributed by atoms with Crippen LogP contribution < -0.4 is 10.6 Å². The molecular weight excluding hydrogens is 245 g/mol. The van der Waals surface area contributed by atoms with Crippen molar-refractivity contribution >= 4 is 23.5 Å². The molecule has 0 radical (unpaired) electrons. The van der Waals surface area contributed by atoms with Crippen LogP contribution in [-0.2, 0) is 4.79 Å². The van der Waals surface area contributed by atoms with Gasteiger partial charge in [-0.2, -0.15) is 0 Å². The molecule has 1 unspecified atom stereocenters. The van der Waals surface area contributed by atoms with E-state index in [0.717, 1.165) is 0 Å². The molecule has 1 aliphatic rings. The molecule has 0 bridgehead atoms. The highest BCUT2D eigenvalue weighted by atomic mass is 35.5. The van der Waals surface area contributed by atoms with E-state index in [2.05, 4.69) is 15.6 Å². The molecule has 90 valence electrons. The van der Waals surface area contributed by atoms with Crippen LogP contribution in [0.1, 0.15) is 18.5 Å². The number of amides is 1. The molecule has 0 saturated carbocycles. The first-order valence-electron chi connectivity index (χ1n) is 5.18. The summed E-state index contributed by atoms with van der Waals surface area (Å²) in [7, 11) is 0. The SMILES string of the molecule is CCN=C1NC(=O)C(c2cc(F)cc(Cl)c2)N1. The number of hydrogen-bond donors (Lipinski definition) is 2. The Morgan fingerprint density at radius 3 is 2.88 bits per heavy atom. The van der Waals surface area contributed by atoms with Gasteiger partial charge in [-0.25, -0.2) is 4.39 Å². The highest BCUT2D eigenvalue weighted by molar-refractivity contribution is 6.30. The molecule has 2 rings (SSSR count). The average Bonchev–Trinajstić information content (AvgIpc) is 2.58. The Morgan fingerprint density at radius 2 is 2.24 bits per heavy atom. The van der Waals surface area contributed by atoms with Crippen LogP contribution in [0.25, 0.3) is 0 Å². The number of halogens is 2. The zero-order valence-corrected chi connectivity index (χ0v) is 9.88. The number of nitrogens with zero attached hydrogens (tertiary/aromatic N) is 1. The Hall–Kier alpha value is -1.62. The third-order valence-corrected chi connectivity index (χ3v) is 2.54. The highest BCUT2D eigenvalue weighted by Gasteiger charge is 2.29. The van der Waals surface area contributed by atoms with Crippen LogP contribution >= 0.6 is 11.6 Å². The van der Waals surface area contributed by atoms with Gasteiger partial charge in [0.2, 0.25) is 0 Å². The molecule has 1 aromatic rings. The molecule has 0 aromatic heterocycles. The van der Waals surface area contributed by atoms with Gasteiger partial charge in [-0.3, -0.25) is 15.1 Å². The standard InChI is InChI=1S/C11H11ClFN3O/c1-2-14-11-15-9(10(17)16-11)6-3-7(12)5-8(13)4-6/h3-5,9H,2H2,1H3,(H2,14,15,16,17). The second-order valence-electron chi connectivity index (χ2n) is 3.59. The van der Waals surface area contributed by atoms with Gasteiger partial charge in [0.05, 0.1) is 0 Å². The molecule has 17 heavy (non-hydrogen) atoms. The number of carbonyl (C=O) groups excluding carboxylic acids is 1. The van der Waals surface area contributed by atoms with E-state index in [1.165, 1.54) is 12.1 Å². The first kappa shape index (κ1) is 11.9. The summed E-state index contributed by atoms with van der Waals surface area (Å²) < 4.78 is 13.2. The van der Waals surface area contributed by atoms with E-state index < -0.39 is 11.9 Å². The first-order valence-corrected chi connectivity index (χ1v) is 5.56. The third kappa shape index (κ3) is 2.55. The summed E-state index contributed by atoms with van der Waals surface area (Å²) in [4.78, 5) is 15.7. The Morgan fingerprint density at radius 1 is 1.47 bits per heavy atom. The third-order valence-electron chi connectivity index (χ3n) is 2.32. The second-order valence-corrected chi connectivity index (χ2v) is 4.03. The Kier molecular flexibility index (Phi) is 3.28. The van der Waals surface area contributed by atoms with Crippen LogP contribution in [-0.4, -0.2) is 18.4 Å². The van der Waals surface area contributed by atoms with Gasteiger partial charge in [-0.1, -0.05) is 11.6 Å². The van der Waals surface area contributed by atoms with Crippen molar-refractivity contribution in [1.82, 2.24) is 10.6 Å². The van der Waals surface area contributed by atoms with Gasteiger partial charge in [0.1, 0.15) is 11.9 Å². The van der Waals surface area contributed by atoms with Crippen LogP contribution in [0.2, 0.25) is 5.02 Å². The van der Waals surface area contributed by atoms with Gasteiger partial charge in [0.15, 0.2) is 5.96 Å². The van der Waals surface area contributed by atoms with E-state index in [1.807, 2.05) is 6.92 Å². The first-order chi connectivity index (χ1) is 8.10. The van der Waals surface area contributed by atoms with Crippen molar-refractivity contribution in [3.05, 3.63) is 34.6 Å². The van der Waals surface area contributed by atoms with E-state index in [0.29, 0.717) is 18.1 Å². The molecule has 6 heteroatoms. The van der Waals surface area contributed by atoms with Crippen LogP contribution in [0.5, 0.6) is 0 Å². The summed E-state index contributed by atoms with van der Waals surface area (Å²) in [6.07, 6.45) is 0. The summed E-state index contributed by atoms with van der Waals surface area (Å²) >= 11 is 5.74. The summed E-state index contributed by atoms with van der Waals surface area (Å²) in [6, 6.07) is 3.38. The van der Waals surface area contributed by atoms with Crippen LogP contribution in [0.3, 0.4) is 0 Å². The van der Waals surface area contributed by atoms with Crippen molar-refractivity contribution in [2.24, 2.45) is 4.99 Å². The number of guanidine groups is 1. The summed E-state index contributed by atoms with van der Waals surface area (Å²) in [5.74, 6) is -0.329. The fourth-order valence-corrected chi connectivity index (χ4v) is 1.88. The number of benzene rings is 1. The van der Waals surface area contributed by atoms with Gasteiger partial charge >= 0.3 is 0 Å². The second kappa shape index (κ2) is 4.71. The molecule has 1 aliphatic heterocycles. The summed E-state index contributed by atoms with van der Waals surface area (Å²) in [5.41, 5.74) is 0.480. The lowest BCUT2D eigenvalue weighted by molar-refractivity contribution is -0.120. The number of rotatable bonds is 2. The molecule has 2 N–H and O–H groups in total. The van der Waals surface area contributed by atoms with Crippen molar-refractivity contribution in [2.45, 2.75) is 13.0 Å². The lowest BCUT2D eigenvalue weighted by atomic mass is 10.1. The van der Waals surface area contributed by atoms with Crippen molar-refractivity contribution in [2.75, 3.05) is 6.54 Å². The van der Waals surface area contributed by atoms with Crippen molar-refractivity contribution < 1.29 is 9.18 Å². The largest absolute Gasteiger partial charge is 0.340 e. The predicted octanol–water partition coefficient (Wildman–Crippen LogP) is 1.62. The topological polar surface area (TPSA) is 53.5 Å². The maximum Gasteiger partial charge on any atom is 0.253 e. The minimum atomic E-state index is -0.645. The van der Waals surface area contributed by atoms with Gasteiger partial charge in [-0.15, -0.1) is 0 Å². The number of hydrogen-bond acceptors (Lipinski definition) is 2. The normalized spacial score (nSPS) is 21.5. The van der Waals surface area contributed by atoms with E-state index in [1.54, 1.807) is 6.07 Å². The van der Waals surface area contributed by atoms with E-state index >= 15 is 0 Å². The van der Waals surface area contributed by atoms with Crippen molar-refractivity contribution in [1.29, 1.82) is 0 Å². The zero-order valence-electron chi connectivity index (χ0n) is 9.13. The molecule has 1 saturated heterocycles. The molecule has 0 aliphatic carbocycles. The molecule has 1 atom stereocenters. The molecule has 1 heterocycles. The fourth-order valence-electron chi connectivity index (χ4n) is 1.65. The van der Waals surface area contributed by atoms with Crippen LogP contribution in [0.4, 0.5) is 4.39 Å². The maximum absolute atomic E-state index is 13.2. The van der Waals surface area contributed by atoms with Crippen molar-refractivity contribution in [3.8, 4) is 0 Å². The quantitative estimate of drug-likeness (QED) is 0.844. The van der Waals surface area contributed by atoms with E-state index in [-0.39, 0.29) is 10.9 Å². The molecule has 4 nitrogen and oxygen atoms in total. The zero-order chi connectivity index (χ0) is 12.4. The van der Waals surface area contributed by atoms with Gasteiger partial charge in [0.25, 0.3) is 5.91 Å². The monoisotopic (exact) mass is 255 g/mol. The van der Waals surface area contributed by atoms with Crippen molar-refractivity contribution in [3.63, 3.8) is 0 Å². The number of carbonyl (C=O) groups is 1. The number of nitrogens with one attached hydrogen (secondary N) is 2. The summed E-state index contributed by atoms with van der Waals surface area (Å²) in [6.45, 7) is 2.41. The minimum Gasteiger partial charge on any atom is -0.340 e. The smallest absolute Gasteiger partial charge is 0.253 e. The Bertz CT molecular complexity index is 469. The molecule has 1 fully saturated rings. The molecule has 0 spiro atoms. The molecule has 1 amide bonds. The van der Waals surface area contributed by atoms with Crippen LogP contribution in [0, 0.1) is 5.82 Å². The summed E-state index contributed by atoms with van der Waals surface area (Å²) in [5, 5.41) is 5.71. The maximum atomic E-state index is 13.2. The Labute approximate surface area is 103 Å². The minimum absolute atomic E-state index is 0.260.